The predicted molar refractivity (Wildman–Crippen MR) is 179 cm³/mol. The number of H-pyrrole nitrogens is 1. The van der Waals surface area contributed by atoms with Gasteiger partial charge in [0.2, 0.25) is 0 Å². The largest absolute Gasteiger partial charge is 0.257 e. The van der Waals surface area contributed by atoms with E-state index in [0.717, 1.165) is 0 Å². The van der Waals surface area contributed by atoms with Gasteiger partial charge in [0.05, 0.1) is 12.0 Å². The van der Waals surface area contributed by atoms with Crippen LogP contribution in [0.15, 0.2) is 12.4 Å². The van der Waals surface area contributed by atoms with Crippen molar-refractivity contribution in [3.8, 4) is 0 Å². The maximum Gasteiger partial charge on any atom is 0.257 e. The molecule has 1 N–H and O–H groups in total. The van der Waals surface area contributed by atoms with E-state index >= 15 is 0 Å². The van der Waals surface area contributed by atoms with E-state index in [9.17, 15) is 0 Å². The van der Waals surface area contributed by atoms with E-state index in [0.29, 0.717) is 12.0 Å². The molecule has 2 nitrogen and oxygen atoms in total. The smallest absolute Gasteiger partial charge is 0.247 e. The lowest BCUT2D eigenvalue weighted by Crippen LogP contribution is -2.41. The standard InChI is InChI=1S/C38H74N2/c1-5-8-11-14-17-19-21-23-26-29-32-37(33-30-27-24-22-20-18-15-12-9-6-2)38-39-34-35-40(38)36(4)31-28-25-16-13-10-7-3/h34-37H,5-33H2,1-4H3/p+1. The van der Waals surface area contributed by atoms with Crippen molar-refractivity contribution in [3.63, 3.8) is 0 Å². The van der Waals surface area contributed by atoms with Crippen molar-refractivity contribution in [2.24, 2.45) is 0 Å². The third kappa shape index (κ3) is 20.1. The molecule has 0 aromatic carbocycles. The number of aromatic amines is 1. The molecule has 2 heteroatoms. The zero-order valence-corrected chi connectivity index (χ0v) is 28.3. The number of nitrogens with one attached hydrogen (secondary N) is 1. The molecule has 1 aromatic heterocycles. The van der Waals surface area contributed by atoms with Crippen LogP contribution in [0, 0.1) is 0 Å². The Morgan fingerprint density at radius 1 is 0.475 bits per heavy atom. The second-order valence-corrected chi connectivity index (χ2v) is 13.3. The Bertz CT molecular complexity index is 597. The Kier molecular flexibility index (Phi) is 26.4. The van der Waals surface area contributed by atoms with Gasteiger partial charge in [-0.05, 0) is 32.6 Å². The van der Waals surface area contributed by atoms with Crippen LogP contribution < -0.4 is 4.57 Å². The maximum absolute atomic E-state index is 3.74. The second-order valence-electron chi connectivity index (χ2n) is 13.3. The van der Waals surface area contributed by atoms with E-state index < -0.39 is 0 Å². The highest BCUT2D eigenvalue weighted by Crippen LogP contribution is 2.27. The van der Waals surface area contributed by atoms with E-state index in [1.807, 2.05) is 0 Å². The average Bonchev–Trinajstić information content (AvgIpc) is 3.45. The molecule has 0 spiro atoms. The minimum absolute atomic E-state index is 0.621. The van der Waals surface area contributed by atoms with Gasteiger partial charge in [0.1, 0.15) is 12.4 Å². The first-order chi connectivity index (χ1) is 19.7. The molecule has 0 aliphatic heterocycles. The van der Waals surface area contributed by atoms with Crippen LogP contribution in [-0.2, 0) is 0 Å². The lowest BCUT2D eigenvalue weighted by atomic mass is 9.92. The fourth-order valence-corrected chi connectivity index (χ4v) is 6.60. The number of nitrogens with zero attached hydrogens (tertiary/aromatic N) is 1. The lowest BCUT2D eigenvalue weighted by Gasteiger charge is -2.17. The zero-order valence-electron chi connectivity index (χ0n) is 28.3. The molecule has 0 aliphatic rings. The van der Waals surface area contributed by atoms with Gasteiger partial charge in [-0.2, -0.15) is 0 Å². The Hall–Kier alpha value is -0.790. The van der Waals surface area contributed by atoms with Crippen LogP contribution in [0.2, 0.25) is 0 Å². The number of aromatic nitrogens is 2. The Labute approximate surface area is 253 Å². The minimum atomic E-state index is 0.621. The molecule has 0 saturated carbocycles. The van der Waals surface area contributed by atoms with Gasteiger partial charge in [-0.25, -0.2) is 9.55 Å². The van der Waals surface area contributed by atoms with E-state index in [-0.39, 0.29) is 0 Å². The predicted octanol–water partition coefficient (Wildman–Crippen LogP) is 13.3. The third-order valence-electron chi connectivity index (χ3n) is 9.39. The summed E-state index contributed by atoms with van der Waals surface area (Å²) < 4.78 is 2.63. The summed E-state index contributed by atoms with van der Waals surface area (Å²) in [5.74, 6) is 2.25. The molecule has 1 unspecified atom stereocenters. The van der Waals surface area contributed by atoms with Crippen molar-refractivity contribution in [2.45, 2.75) is 226 Å². The highest BCUT2D eigenvalue weighted by atomic mass is 15.1. The van der Waals surface area contributed by atoms with Crippen LogP contribution in [0.1, 0.15) is 232 Å². The van der Waals surface area contributed by atoms with Gasteiger partial charge in [-0.15, -0.1) is 0 Å². The zero-order chi connectivity index (χ0) is 28.9. The summed E-state index contributed by atoms with van der Waals surface area (Å²) in [6.07, 6.45) is 45.7. The summed E-state index contributed by atoms with van der Waals surface area (Å²) in [4.78, 5) is 3.74. The highest BCUT2D eigenvalue weighted by Gasteiger charge is 2.25. The molecular weight excluding hydrogens is 484 g/mol. The van der Waals surface area contributed by atoms with Crippen LogP contribution >= 0.6 is 0 Å². The van der Waals surface area contributed by atoms with Crippen LogP contribution in [0.3, 0.4) is 0 Å². The van der Waals surface area contributed by atoms with Gasteiger partial charge < -0.3 is 0 Å². The molecular formula is C38H75N2+. The van der Waals surface area contributed by atoms with Crippen LogP contribution in [0.25, 0.3) is 0 Å². The summed E-state index contributed by atoms with van der Waals surface area (Å²) in [5, 5.41) is 0. The SMILES string of the molecule is CCCCCCCCCCCCC(CCCCCCCCCCCC)c1[nH]cc[n+]1C(C)CCCCCCCC. The van der Waals surface area contributed by atoms with E-state index in [2.05, 4.69) is 49.6 Å². The Morgan fingerprint density at radius 2 is 0.800 bits per heavy atom. The fourth-order valence-electron chi connectivity index (χ4n) is 6.60. The number of rotatable bonds is 31. The highest BCUT2D eigenvalue weighted by molar-refractivity contribution is 4.90. The van der Waals surface area contributed by atoms with Gasteiger partial charge >= 0.3 is 0 Å². The first-order valence-electron chi connectivity index (χ1n) is 18.8. The quantitative estimate of drug-likeness (QED) is 0.0689. The van der Waals surface area contributed by atoms with Crippen molar-refractivity contribution in [1.82, 2.24) is 4.98 Å². The van der Waals surface area contributed by atoms with Crippen molar-refractivity contribution in [1.29, 1.82) is 0 Å². The van der Waals surface area contributed by atoms with Crippen LogP contribution in [0.4, 0.5) is 0 Å². The monoisotopic (exact) mass is 560 g/mol. The first-order valence-corrected chi connectivity index (χ1v) is 18.8. The van der Waals surface area contributed by atoms with E-state index in [1.165, 1.54) is 192 Å². The van der Waals surface area contributed by atoms with Crippen molar-refractivity contribution < 1.29 is 4.57 Å². The topological polar surface area (TPSA) is 19.7 Å². The van der Waals surface area contributed by atoms with Gasteiger partial charge in [0.25, 0.3) is 5.82 Å². The fraction of sp³-hybridized carbons (Fsp3) is 0.921. The van der Waals surface area contributed by atoms with Gasteiger partial charge in [0.15, 0.2) is 0 Å². The van der Waals surface area contributed by atoms with Crippen molar-refractivity contribution >= 4 is 0 Å². The normalized spacial score (nSPS) is 12.5. The maximum atomic E-state index is 3.74. The number of imidazole rings is 1. The first kappa shape index (κ1) is 37.2. The number of hydrogen-bond donors (Lipinski definition) is 1. The van der Waals surface area contributed by atoms with E-state index in [1.54, 1.807) is 0 Å². The lowest BCUT2D eigenvalue weighted by molar-refractivity contribution is -0.727. The summed E-state index contributed by atoms with van der Waals surface area (Å²) >= 11 is 0. The summed E-state index contributed by atoms with van der Waals surface area (Å²) in [6, 6.07) is 0.621. The summed E-state index contributed by atoms with van der Waals surface area (Å²) in [5.41, 5.74) is 0. The molecule has 1 aromatic rings. The molecule has 0 aliphatic carbocycles. The van der Waals surface area contributed by atoms with Crippen molar-refractivity contribution in [2.75, 3.05) is 0 Å². The molecule has 40 heavy (non-hydrogen) atoms. The summed E-state index contributed by atoms with van der Waals surface area (Å²) in [7, 11) is 0. The molecule has 0 saturated heterocycles. The van der Waals surface area contributed by atoms with Crippen LogP contribution in [0.5, 0.6) is 0 Å². The number of unbranched alkanes of at least 4 members (excludes halogenated alkanes) is 23. The van der Waals surface area contributed by atoms with Crippen LogP contribution in [-0.4, -0.2) is 4.98 Å². The third-order valence-corrected chi connectivity index (χ3v) is 9.39. The molecule has 1 atom stereocenters. The molecule has 0 bridgehead atoms. The van der Waals surface area contributed by atoms with Gasteiger partial charge in [-0.1, -0.05) is 181 Å². The average molecular weight is 560 g/mol. The van der Waals surface area contributed by atoms with Gasteiger partial charge in [0, 0.05) is 0 Å². The second kappa shape index (κ2) is 28.3. The molecule has 0 amide bonds. The van der Waals surface area contributed by atoms with Crippen molar-refractivity contribution in [3.05, 3.63) is 18.2 Å². The molecule has 0 fully saturated rings. The molecule has 0 radical (unpaired) electrons. The van der Waals surface area contributed by atoms with Gasteiger partial charge in [-0.3, -0.25) is 0 Å². The Balaban J connectivity index is 2.45. The Morgan fingerprint density at radius 3 is 1.18 bits per heavy atom. The molecule has 1 rings (SSSR count). The number of hydrogen-bond acceptors (Lipinski definition) is 0. The molecule has 1 heterocycles. The van der Waals surface area contributed by atoms with E-state index in [4.69, 9.17) is 0 Å². The summed E-state index contributed by atoms with van der Waals surface area (Å²) in [6.45, 7) is 9.40. The molecule has 236 valence electrons. The minimum Gasteiger partial charge on any atom is -0.247 e.